The second kappa shape index (κ2) is 6.28. The summed E-state index contributed by atoms with van der Waals surface area (Å²) in [5, 5.41) is 6.35. The molecule has 1 aromatic heterocycles. The van der Waals surface area contributed by atoms with E-state index in [9.17, 15) is 9.18 Å². The molecule has 1 heterocycles. The fourth-order valence-electron chi connectivity index (χ4n) is 1.57. The number of hydrogen-bond acceptors (Lipinski definition) is 5. The highest BCUT2D eigenvalue weighted by atomic mass is 35.5. The number of anilines is 3. The monoisotopic (exact) mass is 328 g/mol. The van der Waals surface area contributed by atoms with Crippen molar-refractivity contribution in [2.75, 3.05) is 16.4 Å². The molecule has 0 aliphatic rings. The van der Waals surface area contributed by atoms with Crippen LogP contribution < -0.4 is 16.4 Å². The van der Waals surface area contributed by atoms with Crippen LogP contribution in [0.4, 0.5) is 21.0 Å². The van der Waals surface area contributed by atoms with Crippen molar-refractivity contribution in [1.29, 1.82) is 0 Å². The Hall–Kier alpha value is -1.86. The third-order valence-corrected chi connectivity index (χ3v) is 3.76. The smallest absolute Gasteiger partial charge is 0.269 e. The van der Waals surface area contributed by atoms with Crippen molar-refractivity contribution < 1.29 is 9.18 Å². The summed E-state index contributed by atoms with van der Waals surface area (Å²) < 4.78 is 13.0. The van der Waals surface area contributed by atoms with Gasteiger partial charge in [-0.3, -0.25) is 4.79 Å². The Morgan fingerprint density at radius 1 is 1.48 bits per heavy atom. The zero-order valence-corrected chi connectivity index (χ0v) is 13.0. The normalized spacial score (nSPS) is 10.7. The largest absolute Gasteiger partial charge is 0.382 e. The minimum atomic E-state index is -0.473. The topological polar surface area (TPSA) is 80.0 Å². The van der Waals surface area contributed by atoms with Gasteiger partial charge in [-0.25, -0.2) is 9.37 Å². The van der Waals surface area contributed by atoms with Crippen LogP contribution in [-0.2, 0) is 0 Å². The maximum absolute atomic E-state index is 13.0. The molecule has 1 amide bonds. The fraction of sp³-hybridized carbons (Fsp3) is 0.231. The number of halogens is 2. The fourth-order valence-corrected chi connectivity index (χ4v) is 2.71. The average Bonchev–Trinajstić information content (AvgIpc) is 2.72. The van der Waals surface area contributed by atoms with Crippen LogP contribution in [-0.4, -0.2) is 16.9 Å². The van der Waals surface area contributed by atoms with Gasteiger partial charge in [0.05, 0.1) is 10.7 Å². The standard InChI is InChI=1S/C13H14ClFN4OS/c1-6(2)17-13-19-11(16)10(21-13)12(20)18-9-4-3-7(15)5-8(9)14/h3-6H,16H2,1-2H3,(H,17,19)(H,18,20). The number of carbonyl (C=O) groups excluding carboxylic acids is 1. The first kappa shape index (κ1) is 15.5. The molecule has 2 aromatic rings. The molecular formula is C13H14ClFN4OS. The molecule has 1 aromatic carbocycles. The second-order valence-electron chi connectivity index (χ2n) is 4.61. The predicted molar refractivity (Wildman–Crippen MR) is 84.6 cm³/mol. The number of hydrogen-bond donors (Lipinski definition) is 3. The molecule has 0 unspecified atom stereocenters. The lowest BCUT2D eigenvalue weighted by molar-refractivity contribution is 0.103. The van der Waals surface area contributed by atoms with E-state index in [0.717, 1.165) is 17.4 Å². The summed E-state index contributed by atoms with van der Waals surface area (Å²) in [5.74, 6) is -0.770. The van der Waals surface area contributed by atoms with E-state index in [1.807, 2.05) is 13.8 Å². The van der Waals surface area contributed by atoms with Gasteiger partial charge in [-0.15, -0.1) is 0 Å². The maximum Gasteiger partial charge on any atom is 0.269 e. The molecule has 0 fully saturated rings. The third-order valence-electron chi connectivity index (χ3n) is 2.45. The Morgan fingerprint density at radius 2 is 2.19 bits per heavy atom. The summed E-state index contributed by atoms with van der Waals surface area (Å²) in [6, 6.07) is 3.90. The molecule has 0 saturated carbocycles. The number of rotatable bonds is 4. The number of nitrogens with one attached hydrogen (secondary N) is 2. The average molecular weight is 329 g/mol. The SMILES string of the molecule is CC(C)Nc1nc(N)c(C(=O)Nc2ccc(F)cc2Cl)s1. The summed E-state index contributed by atoms with van der Waals surface area (Å²) in [7, 11) is 0. The number of nitrogens with zero attached hydrogens (tertiary/aromatic N) is 1. The van der Waals surface area contributed by atoms with Crippen molar-refractivity contribution >= 4 is 45.5 Å². The predicted octanol–water partition coefficient (Wildman–Crippen LogP) is 3.59. The van der Waals surface area contributed by atoms with Crippen LogP contribution in [0.15, 0.2) is 18.2 Å². The number of benzene rings is 1. The number of nitrogen functional groups attached to an aromatic ring is 1. The molecule has 0 aliphatic heterocycles. The van der Waals surface area contributed by atoms with Crippen LogP contribution in [0.5, 0.6) is 0 Å². The molecule has 5 nitrogen and oxygen atoms in total. The van der Waals surface area contributed by atoms with Gasteiger partial charge in [0, 0.05) is 6.04 Å². The summed E-state index contributed by atoms with van der Waals surface area (Å²) >= 11 is 7.01. The van der Waals surface area contributed by atoms with Gasteiger partial charge in [-0.05, 0) is 32.0 Å². The van der Waals surface area contributed by atoms with Crippen LogP contribution in [0.3, 0.4) is 0 Å². The van der Waals surface area contributed by atoms with E-state index in [1.54, 1.807) is 0 Å². The molecule has 21 heavy (non-hydrogen) atoms. The van der Waals surface area contributed by atoms with Crippen LogP contribution in [0.25, 0.3) is 0 Å². The Kier molecular flexibility index (Phi) is 4.64. The van der Waals surface area contributed by atoms with E-state index in [1.165, 1.54) is 12.1 Å². The molecule has 0 atom stereocenters. The quantitative estimate of drug-likeness (QED) is 0.801. The van der Waals surface area contributed by atoms with E-state index in [2.05, 4.69) is 15.6 Å². The molecule has 0 aliphatic carbocycles. The first-order valence-electron chi connectivity index (χ1n) is 6.16. The lowest BCUT2D eigenvalue weighted by Gasteiger charge is -2.06. The minimum Gasteiger partial charge on any atom is -0.382 e. The molecule has 4 N–H and O–H groups in total. The lowest BCUT2D eigenvalue weighted by Crippen LogP contribution is -2.12. The number of nitrogens with two attached hydrogens (primary N) is 1. The van der Waals surface area contributed by atoms with Gasteiger partial charge in [0.2, 0.25) is 0 Å². The van der Waals surface area contributed by atoms with Crippen molar-refractivity contribution in [3.05, 3.63) is 33.9 Å². The summed E-state index contributed by atoms with van der Waals surface area (Å²) in [5.41, 5.74) is 6.05. The molecule has 0 radical (unpaired) electrons. The van der Waals surface area contributed by atoms with Gasteiger partial charge in [-0.2, -0.15) is 0 Å². The van der Waals surface area contributed by atoms with Crippen molar-refractivity contribution in [3.63, 3.8) is 0 Å². The van der Waals surface area contributed by atoms with E-state index < -0.39 is 11.7 Å². The van der Waals surface area contributed by atoms with Crippen molar-refractivity contribution in [3.8, 4) is 0 Å². The Labute approximate surface area is 130 Å². The molecule has 8 heteroatoms. The van der Waals surface area contributed by atoms with Gasteiger partial charge in [0.1, 0.15) is 16.5 Å². The van der Waals surface area contributed by atoms with E-state index in [0.29, 0.717) is 10.8 Å². The van der Waals surface area contributed by atoms with Gasteiger partial charge < -0.3 is 16.4 Å². The highest BCUT2D eigenvalue weighted by Gasteiger charge is 2.17. The summed E-state index contributed by atoms with van der Waals surface area (Å²) in [4.78, 5) is 16.5. The van der Waals surface area contributed by atoms with E-state index >= 15 is 0 Å². The first-order valence-corrected chi connectivity index (χ1v) is 7.35. The number of thiazole rings is 1. The van der Waals surface area contributed by atoms with Crippen molar-refractivity contribution in [1.82, 2.24) is 4.98 Å². The van der Waals surface area contributed by atoms with Gasteiger partial charge in [0.15, 0.2) is 5.13 Å². The molecule has 112 valence electrons. The van der Waals surface area contributed by atoms with Crippen LogP contribution in [0, 0.1) is 5.82 Å². The lowest BCUT2D eigenvalue weighted by atomic mass is 10.3. The van der Waals surface area contributed by atoms with Crippen LogP contribution in [0.2, 0.25) is 5.02 Å². The summed E-state index contributed by atoms with van der Waals surface area (Å²) in [6.07, 6.45) is 0. The Balaban J connectivity index is 2.18. The van der Waals surface area contributed by atoms with Gasteiger partial charge >= 0.3 is 0 Å². The highest BCUT2D eigenvalue weighted by molar-refractivity contribution is 7.18. The van der Waals surface area contributed by atoms with Crippen molar-refractivity contribution in [2.24, 2.45) is 0 Å². The minimum absolute atomic E-state index is 0.118. The zero-order chi connectivity index (χ0) is 15.6. The first-order chi connectivity index (χ1) is 9.86. The molecule has 0 saturated heterocycles. The third kappa shape index (κ3) is 3.83. The molecule has 2 rings (SSSR count). The van der Waals surface area contributed by atoms with Gasteiger partial charge in [0.25, 0.3) is 5.91 Å². The number of amides is 1. The second-order valence-corrected chi connectivity index (χ2v) is 6.02. The zero-order valence-electron chi connectivity index (χ0n) is 11.4. The number of aromatic nitrogens is 1. The molecule has 0 bridgehead atoms. The van der Waals surface area contributed by atoms with Gasteiger partial charge in [-0.1, -0.05) is 22.9 Å². The van der Waals surface area contributed by atoms with Crippen LogP contribution >= 0.6 is 22.9 Å². The van der Waals surface area contributed by atoms with Crippen molar-refractivity contribution in [2.45, 2.75) is 19.9 Å². The summed E-state index contributed by atoms with van der Waals surface area (Å²) in [6.45, 7) is 3.91. The van der Waals surface area contributed by atoms with E-state index in [4.69, 9.17) is 17.3 Å². The van der Waals surface area contributed by atoms with E-state index in [-0.39, 0.29) is 21.8 Å². The Morgan fingerprint density at radius 3 is 2.81 bits per heavy atom. The Bertz CT molecular complexity index is 674. The number of carbonyl (C=O) groups is 1. The molecule has 0 spiro atoms. The maximum atomic E-state index is 13.0. The highest BCUT2D eigenvalue weighted by Crippen LogP contribution is 2.28. The molecular weight excluding hydrogens is 315 g/mol. The van der Waals surface area contributed by atoms with Crippen LogP contribution in [0.1, 0.15) is 23.5 Å².